The molecule has 0 saturated carbocycles. The van der Waals surface area contributed by atoms with Crippen LogP contribution in [0.1, 0.15) is 50.0 Å². The van der Waals surface area contributed by atoms with E-state index in [9.17, 15) is 20.1 Å². The van der Waals surface area contributed by atoms with E-state index in [0.717, 1.165) is 11.1 Å². The van der Waals surface area contributed by atoms with Gasteiger partial charge in [0.25, 0.3) is 0 Å². The maximum absolute atomic E-state index is 11.7. The van der Waals surface area contributed by atoms with Gasteiger partial charge in [-0.3, -0.25) is 0 Å². The summed E-state index contributed by atoms with van der Waals surface area (Å²) in [4.78, 5) is 11.7. The van der Waals surface area contributed by atoms with Crippen molar-refractivity contribution in [3.8, 4) is 5.75 Å². The minimum atomic E-state index is -1.26. The second-order valence-electron chi connectivity index (χ2n) is 7.81. The quantitative estimate of drug-likeness (QED) is 0.584. The van der Waals surface area contributed by atoms with Crippen LogP contribution in [0.25, 0.3) is 0 Å². The smallest absolute Gasteiger partial charge is 0.407 e. The second kappa shape index (κ2) is 9.57. The summed E-state index contributed by atoms with van der Waals surface area (Å²) in [5.41, 5.74) is 1.93. The number of benzene rings is 2. The predicted octanol–water partition coefficient (Wildman–Crippen LogP) is 3.40. The molecular formula is C22H29NO5. The number of hydrogen-bond donors (Lipinski definition) is 4. The molecule has 0 bridgehead atoms. The van der Waals surface area contributed by atoms with Crippen molar-refractivity contribution in [2.24, 2.45) is 0 Å². The highest BCUT2D eigenvalue weighted by atomic mass is 16.5. The number of hydrogen-bond acceptors (Lipinski definition) is 5. The van der Waals surface area contributed by atoms with Crippen molar-refractivity contribution in [1.29, 1.82) is 0 Å². The van der Waals surface area contributed by atoms with Crippen LogP contribution in [0, 0.1) is 0 Å². The van der Waals surface area contributed by atoms with E-state index in [4.69, 9.17) is 4.74 Å². The molecule has 0 heterocycles. The molecule has 0 aliphatic rings. The van der Waals surface area contributed by atoms with Gasteiger partial charge in [-0.1, -0.05) is 57.2 Å². The first kappa shape index (κ1) is 21.7. The van der Waals surface area contributed by atoms with Gasteiger partial charge in [0.2, 0.25) is 0 Å². The third kappa shape index (κ3) is 6.25. The van der Waals surface area contributed by atoms with Crippen molar-refractivity contribution in [2.45, 2.75) is 51.4 Å². The Morgan fingerprint density at radius 2 is 1.79 bits per heavy atom. The summed E-state index contributed by atoms with van der Waals surface area (Å²) >= 11 is 0. The van der Waals surface area contributed by atoms with Gasteiger partial charge < -0.3 is 25.4 Å². The van der Waals surface area contributed by atoms with Crippen molar-refractivity contribution in [2.75, 3.05) is 6.54 Å². The molecule has 0 aliphatic heterocycles. The molecule has 2 rings (SSSR count). The number of ether oxygens (including phenoxy) is 1. The number of amides is 1. The lowest BCUT2D eigenvalue weighted by Crippen LogP contribution is -2.30. The van der Waals surface area contributed by atoms with Crippen molar-refractivity contribution in [3.05, 3.63) is 65.2 Å². The Morgan fingerprint density at radius 3 is 2.43 bits per heavy atom. The van der Waals surface area contributed by atoms with E-state index in [1.807, 2.05) is 51.1 Å². The van der Waals surface area contributed by atoms with E-state index >= 15 is 0 Å². The van der Waals surface area contributed by atoms with E-state index < -0.39 is 18.3 Å². The van der Waals surface area contributed by atoms with Gasteiger partial charge in [-0.25, -0.2) is 4.79 Å². The number of aromatic hydroxyl groups is 1. The van der Waals surface area contributed by atoms with Crippen molar-refractivity contribution >= 4 is 6.09 Å². The molecule has 28 heavy (non-hydrogen) atoms. The molecule has 152 valence electrons. The number of alkyl carbamates (subject to hydrolysis) is 1. The molecule has 0 spiro atoms. The van der Waals surface area contributed by atoms with Crippen molar-refractivity contribution in [3.63, 3.8) is 0 Å². The topological polar surface area (TPSA) is 99.0 Å². The fraction of sp³-hybridized carbons (Fsp3) is 0.409. The number of nitrogens with one attached hydrogen (secondary N) is 1. The van der Waals surface area contributed by atoms with Crippen LogP contribution in [0.15, 0.2) is 48.5 Å². The van der Waals surface area contributed by atoms with Crippen LogP contribution in [-0.4, -0.2) is 34.1 Å². The number of aliphatic hydroxyl groups is 2. The van der Waals surface area contributed by atoms with Crippen LogP contribution in [0.4, 0.5) is 4.79 Å². The Labute approximate surface area is 165 Å². The van der Waals surface area contributed by atoms with Crippen molar-refractivity contribution in [1.82, 2.24) is 5.32 Å². The SMILES string of the molecule is CC(C)(C)c1ccc(O)c(C(O)C(O)CCNC(=O)OCc2ccccc2)c1. The zero-order chi connectivity index (χ0) is 20.7. The van der Waals surface area contributed by atoms with Gasteiger partial charge in [-0.2, -0.15) is 0 Å². The predicted molar refractivity (Wildman–Crippen MR) is 107 cm³/mol. The van der Waals surface area contributed by atoms with Gasteiger partial charge in [0.15, 0.2) is 0 Å². The third-order valence-electron chi connectivity index (χ3n) is 4.50. The number of aliphatic hydroxyl groups excluding tert-OH is 2. The fourth-order valence-corrected chi connectivity index (χ4v) is 2.72. The van der Waals surface area contributed by atoms with E-state index in [2.05, 4.69) is 5.32 Å². The summed E-state index contributed by atoms with van der Waals surface area (Å²) in [5, 5.41) is 33.3. The number of rotatable bonds is 7. The summed E-state index contributed by atoms with van der Waals surface area (Å²) in [6.07, 6.45) is -2.89. The molecule has 4 N–H and O–H groups in total. The summed E-state index contributed by atoms with van der Waals surface area (Å²) < 4.78 is 5.09. The maximum atomic E-state index is 11.7. The summed E-state index contributed by atoms with van der Waals surface area (Å²) in [6, 6.07) is 14.3. The molecule has 2 aromatic carbocycles. The molecule has 0 saturated heterocycles. The number of carbonyl (C=O) groups is 1. The molecule has 2 unspecified atom stereocenters. The highest BCUT2D eigenvalue weighted by Crippen LogP contribution is 2.32. The Morgan fingerprint density at radius 1 is 1.11 bits per heavy atom. The Hall–Kier alpha value is -2.57. The first-order valence-corrected chi connectivity index (χ1v) is 9.32. The fourth-order valence-electron chi connectivity index (χ4n) is 2.72. The zero-order valence-corrected chi connectivity index (χ0v) is 16.6. The number of carbonyl (C=O) groups excluding carboxylic acids is 1. The molecule has 1 amide bonds. The summed E-state index contributed by atoms with van der Waals surface area (Å²) in [6.45, 7) is 6.36. The highest BCUT2D eigenvalue weighted by molar-refractivity contribution is 5.67. The number of phenols is 1. The Kier molecular flexibility index (Phi) is 7.43. The lowest BCUT2D eigenvalue weighted by molar-refractivity contribution is 0.0123. The van der Waals surface area contributed by atoms with E-state index in [-0.39, 0.29) is 36.3 Å². The van der Waals surface area contributed by atoms with Crippen LogP contribution in [0.5, 0.6) is 5.75 Å². The first-order chi connectivity index (χ1) is 13.2. The number of phenolic OH excluding ortho intramolecular Hbond substituents is 1. The molecule has 2 atom stereocenters. The van der Waals surface area contributed by atoms with Crippen LogP contribution in [0.2, 0.25) is 0 Å². The molecule has 0 radical (unpaired) electrons. The monoisotopic (exact) mass is 387 g/mol. The molecule has 0 fully saturated rings. The first-order valence-electron chi connectivity index (χ1n) is 9.32. The summed E-state index contributed by atoms with van der Waals surface area (Å²) in [7, 11) is 0. The average molecular weight is 387 g/mol. The molecule has 0 aliphatic carbocycles. The lowest BCUT2D eigenvalue weighted by Gasteiger charge is -2.24. The van der Waals surface area contributed by atoms with E-state index in [1.54, 1.807) is 12.1 Å². The van der Waals surface area contributed by atoms with E-state index in [0.29, 0.717) is 0 Å². The molecular weight excluding hydrogens is 358 g/mol. The van der Waals surface area contributed by atoms with Gasteiger partial charge in [0, 0.05) is 12.1 Å². The van der Waals surface area contributed by atoms with E-state index in [1.165, 1.54) is 6.07 Å². The van der Waals surface area contributed by atoms with Crippen LogP contribution in [0.3, 0.4) is 0 Å². The third-order valence-corrected chi connectivity index (χ3v) is 4.50. The van der Waals surface area contributed by atoms with Gasteiger partial charge >= 0.3 is 6.09 Å². The minimum absolute atomic E-state index is 0.0743. The lowest BCUT2D eigenvalue weighted by atomic mass is 9.85. The minimum Gasteiger partial charge on any atom is -0.508 e. The average Bonchev–Trinajstić information content (AvgIpc) is 2.66. The van der Waals surface area contributed by atoms with Crippen LogP contribution in [-0.2, 0) is 16.8 Å². The maximum Gasteiger partial charge on any atom is 0.407 e. The molecule has 6 nitrogen and oxygen atoms in total. The van der Waals surface area contributed by atoms with Gasteiger partial charge in [-0.05, 0) is 35.1 Å². The molecule has 2 aromatic rings. The standard InChI is InChI=1S/C22H29NO5/c1-22(2,3)16-9-10-18(24)17(13-16)20(26)19(25)11-12-23-21(27)28-14-15-7-5-4-6-8-15/h4-10,13,19-20,24-26H,11-12,14H2,1-3H3,(H,23,27). The summed E-state index contributed by atoms with van der Waals surface area (Å²) in [5.74, 6) is -0.0743. The van der Waals surface area contributed by atoms with Gasteiger partial charge in [0.1, 0.15) is 18.5 Å². The van der Waals surface area contributed by atoms with Gasteiger partial charge in [0.05, 0.1) is 6.10 Å². The molecule has 6 heteroatoms. The highest BCUT2D eigenvalue weighted by Gasteiger charge is 2.24. The Bertz CT molecular complexity index is 770. The van der Waals surface area contributed by atoms with Crippen LogP contribution >= 0.6 is 0 Å². The Balaban J connectivity index is 1.84. The zero-order valence-electron chi connectivity index (χ0n) is 16.6. The largest absolute Gasteiger partial charge is 0.508 e. The van der Waals surface area contributed by atoms with Crippen molar-refractivity contribution < 1.29 is 24.9 Å². The van der Waals surface area contributed by atoms with Gasteiger partial charge in [-0.15, -0.1) is 0 Å². The second-order valence-corrected chi connectivity index (χ2v) is 7.81. The molecule has 0 aromatic heterocycles. The normalized spacial score (nSPS) is 13.6. The van der Waals surface area contributed by atoms with Crippen LogP contribution < -0.4 is 5.32 Å².